The summed E-state index contributed by atoms with van der Waals surface area (Å²) in [5.74, 6) is 0.375. The highest BCUT2D eigenvalue weighted by Crippen LogP contribution is 2.25. The highest BCUT2D eigenvalue weighted by molar-refractivity contribution is 9.10. The average molecular weight is 335 g/mol. The molecule has 5 heteroatoms. The summed E-state index contributed by atoms with van der Waals surface area (Å²) in [5, 5.41) is 11.8. The van der Waals surface area contributed by atoms with Crippen LogP contribution in [0, 0.1) is 17.1 Å². The normalized spacial score (nSPS) is 9.85. The molecule has 20 heavy (non-hydrogen) atoms. The van der Waals surface area contributed by atoms with Crippen molar-refractivity contribution in [3.05, 3.63) is 58.3 Å². The van der Waals surface area contributed by atoms with E-state index < -0.39 is 0 Å². The fraction of sp³-hybridized carbons (Fsp3) is 0.133. The topological polar surface area (TPSA) is 45.0 Å². The van der Waals surface area contributed by atoms with Crippen LogP contribution in [0.1, 0.15) is 5.56 Å². The number of nitrogens with zero attached hydrogens (tertiary/aromatic N) is 1. The van der Waals surface area contributed by atoms with Crippen molar-refractivity contribution < 1.29 is 9.13 Å². The van der Waals surface area contributed by atoms with Crippen LogP contribution in [-0.4, -0.2) is 6.61 Å². The Kier molecular flexibility index (Phi) is 4.97. The van der Waals surface area contributed by atoms with Crippen LogP contribution in [-0.2, 0) is 6.54 Å². The predicted octanol–water partition coefficient (Wildman–Crippen LogP) is 4.10. The fourth-order valence-electron chi connectivity index (χ4n) is 1.72. The van der Waals surface area contributed by atoms with Crippen molar-refractivity contribution in [3.63, 3.8) is 0 Å². The Morgan fingerprint density at radius 3 is 2.80 bits per heavy atom. The molecular formula is C15H12BrFN2O. The summed E-state index contributed by atoms with van der Waals surface area (Å²) in [4.78, 5) is 0. The van der Waals surface area contributed by atoms with E-state index in [0.717, 1.165) is 11.3 Å². The molecule has 2 aromatic rings. The van der Waals surface area contributed by atoms with Crippen LogP contribution in [0.4, 0.5) is 10.1 Å². The number of nitrogens with one attached hydrogen (secondary N) is 1. The zero-order chi connectivity index (χ0) is 14.4. The second kappa shape index (κ2) is 6.92. The van der Waals surface area contributed by atoms with Crippen molar-refractivity contribution in [1.82, 2.24) is 0 Å². The van der Waals surface area contributed by atoms with Crippen LogP contribution in [0.25, 0.3) is 0 Å². The first-order valence-corrected chi connectivity index (χ1v) is 6.76. The first-order chi connectivity index (χ1) is 9.70. The van der Waals surface area contributed by atoms with Gasteiger partial charge in [-0.1, -0.05) is 18.2 Å². The molecule has 0 saturated heterocycles. The van der Waals surface area contributed by atoms with Crippen molar-refractivity contribution in [1.29, 1.82) is 5.26 Å². The van der Waals surface area contributed by atoms with Crippen LogP contribution in [0.5, 0.6) is 5.75 Å². The fourth-order valence-corrected chi connectivity index (χ4v) is 2.22. The molecule has 2 rings (SSSR count). The molecular weight excluding hydrogens is 323 g/mol. The van der Waals surface area contributed by atoms with E-state index in [0.29, 0.717) is 16.8 Å². The van der Waals surface area contributed by atoms with Gasteiger partial charge in [-0.3, -0.25) is 0 Å². The minimum Gasteiger partial charge on any atom is -0.478 e. The molecule has 0 heterocycles. The van der Waals surface area contributed by atoms with Gasteiger partial charge in [0.15, 0.2) is 6.61 Å². The lowest BCUT2D eigenvalue weighted by molar-refractivity contribution is 0.364. The standard InChI is InChI=1S/C15H12BrFN2O/c16-13-9-12(17)5-6-14(13)19-10-11-3-1-2-4-15(11)20-8-7-18/h1-6,9,19H,8,10H2. The van der Waals surface area contributed by atoms with Gasteiger partial charge in [0.2, 0.25) is 0 Å². The van der Waals surface area contributed by atoms with Crippen molar-refractivity contribution in [2.24, 2.45) is 0 Å². The number of rotatable bonds is 5. The molecule has 0 saturated carbocycles. The molecule has 0 bridgehead atoms. The van der Waals surface area contributed by atoms with E-state index in [-0.39, 0.29) is 12.4 Å². The Morgan fingerprint density at radius 1 is 1.25 bits per heavy atom. The summed E-state index contributed by atoms with van der Waals surface area (Å²) in [6, 6.07) is 13.9. The third kappa shape index (κ3) is 3.72. The van der Waals surface area contributed by atoms with Gasteiger partial charge in [-0.25, -0.2) is 4.39 Å². The Hall–Kier alpha value is -2.06. The van der Waals surface area contributed by atoms with Gasteiger partial charge in [-0.2, -0.15) is 5.26 Å². The SMILES string of the molecule is N#CCOc1ccccc1CNc1ccc(F)cc1Br. The maximum absolute atomic E-state index is 13.0. The third-order valence-electron chi connectivity index (χ3n) is 2.67. The third-order valence-corrected chi connectivity index (χ3v) is 3.32. The maximum Gasteiger partial charge on any atom is 0.174 e. The molecule has 0 aromatic heterocycles. The molecule has 0 aliphatic heterocycles. The molecule has 0 amide bonds. The molecule has 0 spiro atoms. The first kappa shape index (κ1) is 14.4. The van der Waals surface area contributed by atoms with Gasteiger partial charge >= 0.3 is 0 Å². The molecule has 0 fully saturated rings. The number of benzene rings is 2. The summed E-state index contributed by atoms with van der Waals surface area (Å²) in [7, 11) is 0. The highest BCUT2D eigenvalue weighted by Gasteiger charge is 2.05. The molecule has 0 aliphatic carbocycles. The van der Waals surface area contributed by atoms with Gasteiger partial charge in [0.1, 0.15) is 17.6 Å². The molecule has 0 unspecified atom stereocenters. The molecule has 0 radical (unpaired) electrons. The number of anilines is 1. The van der Waals surface area contributed by atoms with E-state index in [4.69, 9.17) is 10.00 Å². The summed E-state index contributed by atoms with van der Waals surface area (Å²) < 4.78 is 19.0. The summed E-state index contributed by atoms with van der Waals surface area (Å²) >= 11 is 3.30. The van der Waals surface area contributed by atoms with E-state index in [2.05, 4.69) is 21.2 Å². The van der Waals surface area contributed by atoms with Crippen LogP contribution < -0.4 is 10.1 Å². The van der Waals surface area contributed by atoms with Crippen LogP contribution in [0.3, 0.4) is 0 Å². The highest BCUT2D eigenvalue weighted by atomic mass is 79.9. The molecule has 1 N–H and O–H groups in total. The number of ether oxygens (including phenoxy) is 1. The van der Waals surface area contributed by atoms with Crippen molar-refractivity contribution in [2.45, 2.75) is 6.54 Å². The zero-order valence-corrected chi connectivity index (χ0v) is 12.2. The lowest BCUT2D eigenvalue weighted by atomic mass is 10.2. The number of hydrogen-bond acceptors (Lipinski definition) is 3. The quantitative estimate of drug-likeness (QED) is 0.895. The maximum atomic E-state index is 13.0. The van der Waals surface area contributed by atoms with E-state index in [1.54, 1.807) is 6.07 Å². The summed E-state index contributed by atoms with van der Waals surface area (Å²) in [5.41, 5.74) is 1.72. The van der Waals surface area contributed by atoms with Gasteiger partial charge < -0.3 is 10.1 Å². The number of nitriles is 1. The van der Waals surface area contributed by atoms with E-state index in [1.165, 1.54) is 12.1 Å². The number of hydrogen-bond donors (Lipinski definition) is 1. The van der Waals surface area contributed by atoms with Crippen molar-refractivity contribution in [3.8, 4) is 11.8 Å². The van der Waals surface area contributed by atoms with Gasteiger partial charge in [-0.15, -0.1) is 0 Å². The number of para-hydroxylation sites is 1. The minimum absolute atomic E-state index is 0.0112. The van der Waals surface area contributed by atoms with E-state index in [1.807, 2.05) is 30.3 Å². The molecule has 102 valence electrons. The summed E-state index contributed by atoms with van der Waals surface area (Å²) in [6.45, 7) is 0.531. The van der Waals surface area contributed by atoms with E-state index in [9.17, 15) is 4.39 Å². The van der Waals surface area contributed by atoms with Crippen LogP contribution in [0.2, 0.25) is 0 Å². The monoisotopic (exact) mass is 334 g/mol. The molecule has 0 aliphatic rings. The van der Waals surface area contributed by atoms with Crippen molar-refractivity contribution >= 4 is 21.6 Å². The molecule has 3 nitrogen and oxygen atoms in total. The lowest BCUT2D eigenvalue weighted by Crippen LogP contribution is -2.04. The molecule has 0 atom stereocenters. The second-order valence-corrected chi connectivity index (χ2v) is 4.89. The largest absolute Gasteiger partial charge is 0.478 e. The lowest BCUT2D eigenvalue weighted by Gasteiger charge is -2.12. The Labute approximate surface area is 125 Å². The van der Waals surface area contributed by atoms with Gasteiger partial charge in [0, 0.05) is 22.3 Å². The van der Waals surface area contributed by atoms with Gasteiger partial charge in [-0.05, 0) is 40.2 Å². The average Bonchev–Trinajstić information content (AvgIpc) is 2.45. The Bertz CT molecular complexity index is 640. The zero-order valence-electron chi connectivity index (χ0n) is 10.6. The Morgan fingerprint density at radius 2 is 2.05 bits per heavy atom. The number of halogens is 2. The van der Waals surface area contributed by atoms with Crippen LogP contribution >= 0.6 is 15.9 Å². The van der Waals surface area contributed by atoms with Gasteiger partial charge in [0.05, 0.1) is 0 Å². The van der Waals surface area contributed by atoms with E-state index >= 15 is 0 Å². The second-order valence-electron chi connectivity index (χ2n) is 4.03. The predicted molar refractivity (Wildman–Crippen MR) is 79.0 cm³/mol. The van der Waals surface area contributed by atoms with Gasteiger partial charge in [0.25, 0.3) is 0 Å². The summed E-state index contributed by atoms with van der Waals surface area (Å²) in [6.07, 6.45) is 0. The minimum atomic E-state index is -0.292. The smallest absolute Gasteiger partial charge is 0.174 e. The van der Waals surface area contributed by atoms with Crippen molar-refractivity contribution in [2.75, 3.05) is 11.9 Å². The Balaban J connectivity index is 2.09. The van der Waals surface area contributed by atoms with Crippen LogP contribution in [0.15, 0.2) is 46.9 Å². The first-order valence-electron chi connectivity index (χ1n) is 5.97. The molecule has 2 aromatic carbocycles.